The Morgan fingerprint density at radius 2 is 2.20 bits per heavy atom. The van der Waals surface area contributed by atoms with Crippen molar-refractivity contribution < 1.29 is 0 Å². The fourth-order valence-electron chi connectivity index (χ4n) is 2.04. The van der Waals surface area contributed by atoms with Gasteiger partial charge in [0.1, 0.15) is 0 Å². The molecule has 0 bridgehead atoms. The van der Waals surface area contributed by atoms with Gasteiger partial charge in [-0.2, -0.15) is 4.99 Å². The highest BCUT2D eigenvalue weighted by molar-refractivity contribution is 5.97. The summed E-state index contributed by atoms with van der Waals surface area (Å²) in [7, 11) is 0. The van der Waals surface area contributed by atoms with Crippen molar-refractivity contribution in [2.24, 2.45) is 21.5 Å². The van der Waals surface area contributed by atoms with Crippen molar-refractivity contribution in [3.8, 4) is 0 Å². The van der Waals surface area contributed by atoms with Crippen molar-refractivity contribution >= 4 is 11.9 Å². The van der Waals surface area contributed by atoms with Crippen LogP contribution in [0.4, 0.5) is 0 Å². The molecule has 2 heterocycles. The quantitative estimate of drug-likeness (QED) is 0.728. The van der Waals surface area contributed by atoms with E-state index in [9.17, 15) is 0 Å². The molecule has 0 aliphatic carbocycles. The zero-order valence-electron chi connectivity index (χ0n) is 11.9. The number of guanidine groups is 2. The predicted octanol–water partition coefficient (Wildman–Crippen LogP) is 0.200. The number of hydrogen-bond donors (Lipinski definition) is 3. The molecule has 0 aromatic carbocycles. The second-order valence-corrected chi connectivity index (χ2v) is 4.58. The summed E-state index contributed by atoms with van der Waals surface area (Å²) in [5.74, 6) is 0.0229. The van der Waals surface area contributed by atoms with Gasteiger partial charge in [-0.25, -0.2) is 0 Å². The molecule has 5 N–H and O–H groups in total. The van der Waals surface area contributed by atoms with Crippen molar-refractivity contribution in [2.75, 3.05) is 6.54 Å². The van der Waals surface area contributed by atoms with Crippen molar-refractivity contribution in [3.05, 3.63) is 30.1 Å². The van der Waals surface area contributed by atoms with Crippen LogP contribution in [-0.2, 0) is 6.54 Å². The first kappa shape index (κ1) is 14.3. The lowest BCUT2D eigenvalue weighted by atomic mass is 10.2. The average molecular weight is 275 g/mol. The molecule has 7 nitrogen and oxygen atoms in total. The summed E-state index contributed by atoms with van der Waals surface area (Å²) in [4.78, 5) is 14.6. The molecule has 1 atom stereocenters. The van der Waals surface area contributed by atoms with Gasteiger partial charge in [-0.3, -0.25) is 15.7 Å². The van der Waals surface area contributed by atoms with E-state index >= 15 is 0 Å². The van der Waals surface area contributed by atoms with E-state index < -0.39 is 5.79 Å². The normalized spacial score (nSPS) is 24.4. The fourth-order valence-corrected chi connectivity index (χ4v) is 2.04. The maximum atomic E-state index is 6.41. The van der Waals surface area contributed by atoms with Gasteiger partial charge in [0.2, 0.25) is 11.9 Å². The highest BCUT2D eigenvalue weighted by Crippen LogP contribution is 2.17. The Labute approximate surface area is 118 Å². The first-order valence-corrected chi connectivity index (χ1v) is 6.72. The van der Waals surface area contributed by atoms with Crippen LogP contribution in [0.15, 0.2) is 34.4 Å². The number of aromatic nitrogens is 1. The Morgan fingerprint density at radius 3 is 2.80 bits per heavy atom. The third-order valence-corrected chi connectivity index (χ3v) is 3.20. The number of pyridine rings is 1. The summed E-state index contributed by atoms with van der Waals surface area (Å²) >= 11 is 0. The van der Waals surface area contributed by atoms with Crippen molar-refractivity contribution in [3.63, 3.8) is 0 Å². The molecule has 0 saturated heterocycles. The molecule has 1 aromatic rings. The standard InChI is InChI=1S/C13H21N7/c1-3-13(15)19-12(16-4-2)18-11(14)20(13)9-10-7-5-6-8-17-10/h5-8H,3-4,9,15H2,1-2H3,(H3,14,16,18,19). The van der Waals surface area contributed by atoms with E-state index in [0.717, 1.165) is 5.69 Å². The van der Waals surface area contributed by atoms with Gasteiger partial charge in [0, 0.05) is 19.2 Å². The van der Waals surface area contributed by atoms with E-state index in [1.54, 1.807) is 6.20 Å². The lowest BCUT2D eigenvalue weighted by Crippen LogP contribution is -2.71. The van der Waals surface area contributed by atoms with Crippen molar-refractivity contribution in [1.82, 2.24) is 15.2 Å². The highest BCUT2D eigenvalue weighted by atomic mass is 15.5. The molecule has 0 amide bonds. The second-order valence-electron chi connectivity index (χ2n) is 4.58. The molecule has 20 heavy (non-hydrogen) atoms. The minimum absolute atomic E-state index is 0.353. The summed E-state index contributed by atoms with van der Waals surface area (Å²) < 4.78 is 0. The number of nitrogens with one attached hydrogen (secondary N) is 1. The van der Waals surface area contributed by atoms with Gasteiger partial charge in [0.25, 0.3) is 0 Å². The van der Waals surface area contributed by atoms with E-state index in [4.69, 9.17) is 11.5 Å². The van der Waals surface area contributed by atoms with Gasteiger partial charge in [-0.05, 0) is 19.1 Å². The van der Waals surface area contributed by atoms with Crippen molar-refractivity contribution in [1.29, 1.82) is 0 Å². The molecule has 1 unspecified atom stereocenters. The third-order valence-electron chi connectivity index (χ3n) is 3.20. The zero-order valence-corrected chi connectivity index (χ0v) is 11.9. The summed E-state index contributed by atoms with van der Waals surface area (Å²) in [6, 6.07) is 5.73. The van der Waals surface area contributed by atoms with E-state index in [1.165, 1.54) is 0 Å². The Bertz CT molecular complexity index is 511. The van der Waals surface area contributed by atoms with Gasteiger partial charge >= 0.3 is 0 Å². The number of aliphatic imine (C=N–C) groups is 2. The lowest BCUT2D eigenvalue weighted by Gasteiger charge is -2.44. The predicted molar refractivity (Wildman–Crippen MR) is 79.7 cm³/mol. The Hall–Kier alpha value is -2.15. The van der Waals surface area contributed by atoms with Crippen LogP contribution < -0.4 is 16.8 Å². The molecule has 0 radical (unpaired) electrons. The minimum atomic E-state index is -0.808. The van der Waals surface area contributed by atoms with Crippen LogP contribution in [0.5, 0.6) is 0 Å². The molecule has 1 aromatic heterocycles. The van der Waals surface area contributed by atoms with Crippen LogP contribution in [0, 0.1) is 0 Å². The first-order chi connectivity index (χ1) is 9.59. The molecule has 108 valence electrons. The number of nitrogens with zero attached hydrogens (tertiary/aromatic N) is 4. The highest BCUT2D eigenvalue weighted by Gasteiger charge is 2.37. The molecule has 2 rings (SSSR count). The van der Waals surface area contributed by atoms with Crippen molar-refractivity contribution in [2.45, 2.75) is 32.6 Å². The van der Waals surface area contributed by atoms with E-state index in [1.807, 2.05) is 36.9 Å². The van der Waals surface area contributed by atoms with Crippen LogP contribution in [-0.4, -0.2) is 34.1 Å². The molecule has 0 saturated carbocycles. The Morgan fingerprint density at radius 1 is 1.40 bits per heavy atom. The smallest absolute Gasteiger partial charge is 0.224 e. The fraction of sp³-hybridized carbons (Fsp3) is 0.462. The third kappa shape index (κ3) is 2.88. The topological polar surface area (TPSA) is 105 Å². The molecule has 0 fully saturated rings. The average Bonchev–Trinajstić information content (AvgIpc) is 2.44. The van der Waals surface area contributed by atoms with Gasteiger partial charge in [-0.1, -0.05) is 13.0 Å². The summed E-state index contributed by atoms with van der Waals surface area (Å²) in [5, 5.41) is 3.14. The van der Waals surface area contributed by atoms with Crippen LogP contribution in [0.2, 0.25) is 0 Å². The number of rotatable bonds is 4. The van der Waals surface area contributed by atoms with Crippen LogP contribution >= 0.6 is 0 Å². The van der Waals surface area contributed by atoms with Crippen LogP contribution in [0.1, 0.15) is 26.0 Å². The zero-order chi connectivity index (χ0) is 14.6. The van der Waals surface area contributed by atoms with Crippen LogP contribution in [0.25, 0.3) is 0 Å². The van der Waals surface area contributed by atoms with Gasteiger partial charge < -0.3 is 16.0 Å². The summed E-state index contributed by atoms with van der Waals surface area (Å²) in [5.41, 5.74) is 13.3. The van der Waals surface area contributed by atoms with E-state index in [2.05, 4.69) is 20.3 Å². The largest absolute Gasteiger partial charge is 0.369 e. The van der Waals surface area contributed by atoms with Gasteiger partial charge in [0.05, 0.1) is 12.2 Å². The monoisotopic (exact) mass is 275 g/mol. The second kappa shape index (κ2) is 5.87. The molecule has 0 spiro atoms. The minimum Gasteiger partial charge on any atom is -0.369 e. The maximum Gasteiger partial charge on any atom is 0.224 e. The lowest BCUT2D eigenvalue weighted by molar-refractivity contribution is 0.135. The Balaban J connectivity index is 2.30. The van der Waals surface area contributed by atoms with E-state index in [0.29, 0.717) is 31.4 Å². The van der Waals surface area contributed by atoms with E-state index in [-0.39, 0.29) is 0 Å². The molecule has 7 heteroatoms. The molecular weight excluding hydrogens is 254 g/mol. The number of nitrogens with two attached hydrogens (primary N) is 2. The number of hydrogen-bond acceptors (Lipinski definition) is 5. The molecule has 1 aliphatic rings. The molecule has 1 aliphatic heterocycles. The Kier molecular flexibility index (Phi) is 4.19. The SMILES string of the molecule is CCN=C1N=C(N)N(Cc2ccccn2)C(N)(CC)N1. The van der Waals surface area contributed by atoms with Gasteiger partial charge in [-0.15, -0.1) is 0 Å². The van der Waals surface area contributed by atoms with Crippen LogP contribution in [0.3, 0.4) is 0 Å². The maximum absolute atomic E-state index is 6.41. The first-order valence-electron chi connectivity index (χ1n) is 6.72. The molecular formula is C13H21N7. The summed E-state index contributed by atoms with van der Waals surface area (Å²) in [6.07, 6.45) is 2.40. The summed E-state index contributed by atoms with van der Waals surface area (Å²) in [6.45, 7) is 5.04. The van der Waals surface area contributed by atoms with Gasteiger partial charge in [0.15, 0.2) is 5.79 Å².